The van der Waals surface area contributed by atoms with E-state index in [0.29, 0.717) is 16.3 Å². The van der Waals surface area contributed by atoms with Gasteiger partial charge in [-0.3, -0.25) is 10.1 Å². The summed E-state index contributed by atoms with van der Waals surface area (Å²) < 4.78 is 5.61. The molecule has 6 heteroatoms. The summed E-state index contributed by atoms with van der Waals surface area (Å²) >= 11 is 5.88. The smallest absolute Gasteiger partial charge is 0.276 e. The van der Waals surface area contributed by atoms with Crippen molar-refractivity contribution in [1.29, 1.82) is 0 Å². The monoisotopic (exact) mass is 306 g/mol. The van der Waals surface area contributed by atoms with Crippen LogP contribution in [-0.4, -0.2) is 4.92 Å². The molecule has 0 aliphatic rings. The molecule has 0 spiro atoms. The molecule has 0 fully saturated rings. The lowest BCUT2D eigenvalue weighted by Gasteiger charge is -2.10. The van der Waals surface area contributed by atoms with Crippen LogP contribution < -0.4 is 10.5 Å². The van der Waals surface area contributed by atoms with Gasteiger partial charge in [0.15, 0.2) is 0 Å². The molecule has 0 aromatic heterocycles. The van der Waals surface area contributed by atoms with Crippen LogP contribution in [0.15, 0.2) is 42.5 Å². The van der Waals surface area contributed by atoms with Crippen LogP contribution in [0.3, 0.4) is 0 Å². The van der Waals surface area contributed by atoms with Crippen LogP contribution in [0.2, 0.25) is 5.02 Å². The van der Waals surface area contributed by atoms with Crippen molar-refractivity contribution in [3.63, 3.8) is 0 Å². The first-order valence-corrected chi connectivity index (χ1v) is 6.76. The molecule has 0 aliphatic carbocycles. The summed E-state index contributed by atoms with van der Waals surface area (Å²) in [6.07, 6.45) is 0. The van der Waals surface area contributed by atoms with E-state index in [1.807, 2.05) is 25.1 Å². The zero-order valence-corrected chi connectivity index (χ0v) is 12.2. The lowest BCUT2D eigenvalue weighted by molar-refractivity contribution is -0.385. The minimum Gasteiger partial charge on any atom is -0.489 e. The van der Waals surface area contributed by atoms with Gasteiger partial charge in [0.25, 0.3) is 5.69 Å². The topological polar surface area (TPSA) is 78.4 Å². The first-order chi connectivity index (χ1) is 9.97. The van der Waals surface area contributed by atoms with Crippen LogP contribution in [0.25, 0.3) is 0 Å². The average Bonchev–Trinajstić information content (AvgIpc) is 2.45. The van der Waals surface area contributed by atoms with Gasteiger partial charge in [0.05, 0.1) is 10.5 Å². The van der Waals surface area contributed by atoms with Gasteiger partial charge in [-0.2, -0.15) is 0 Å². The maximum absolute atomic E-state index is 11.0. The molecule has 0 saturated carbocycles. The molecular formula is C15H15ClN2O3. The number of rotatable bonds is 5. The highest BCUT2D eigenvalue weighted by molar-refractivity contribution is 6.30. The second-order valence-electron chi connectivity index (χ2n) is 4.68. The molecule has 0 aliphatic heterocycles. The lowest BCUT2D eigenvalue weighted by Crippen LogP contribution is -2.05. The summed E-state index contributed by atoms with van der Waals surface area (Å²) in [6, 6.07) is 11.6. The van der Waals surface area contributed by atoms with Gasteiger partial charge in [-0.05, 0) is 36.8 Å². The Hall–Kier alpha value is -2.11. The number of hydrogen-bond donors (Lipinski definition) is 1. The summed E-state index contributed by atoms with van der Waals surface area (Å²) in [7, 11) is 0. The Bertz CT molecular complexity index is 659. The molecule has 21 heavy (non-hydrogen) atoms. The van der Waals surface area contributed by atoms with E-state index in [1.54, 1.807) is 6.07 Å². The van der Waals surface area contributed by atoms with Gasteiger partial charge in [0.2, 0.25) is 0 Å². The Balaban J connectivity index is 2.18. The van der Waals surface area contributed by atoms with Crippen LogP contribution in [0.1, 0.15) is 24.1 Å². The molecule has 2 rings (SSSR count). The van der Waals surface area contributed by atoms with Crippen LogP contribution in [0.4, 0.5) is 5.69 Å². The summed E-state index contributed by atoms with van der Waals surface area (Å²) in [4.78, 5) is 10.5. The highest BCUT2D eigenvalue weighted by Crippen LogP contribution is 2.25. The predicted octanol–water partition coefficient (Wildman–Crippen LogP) is 3.85. The molecule has 2 aromatic carbocycles. The minimum absolute atomic E-state index is 0.0113. The quantitative estimate of drug-likeness (QED) is 0.672. The van der Waals surface area contributed by atoms with Gasteiger partial charge in [0.1, 0.15) is 12.4 Å². The fourth-order valence-corrected chi connectivity index (χ4v) is 2.09. The Morgan fingerprint density at radius 1 is 1.33 bits per heavy atom. The molecule has 2 aromatic rings. The van der Waals surface area contributed by atoms with Crippen molar-refractivity contribution in [1.82, 2.24) is 0 Å². The van der Waals surface area contributed by atoms with Crippen molar-refractivity contribution in [3.8, 4) is 5.75 Å². The fourth-order valence-electron chi connectivity index (χ4n) is 1.90. The first kappa shape index (κ1) is 15.3. The van der Waals surface area contributed by atoms with E-state index < -0.39 is 4.92 Å². The van der Waals surface area contributed by atoms with E-state index in [1.165, 1.54) is 18.2 Å². The van der Waals surface area contributed by atoms with Crippen LogP contribution >= 0.6 is 11.6 Å². The van der Waals surface area contributed by atoms with E-state index in [0.717, 1.165) is 5.56 Å². The number of benzene rings is 2. The average molecular weight is 307 g/mol. The van der Waals surface area contributed by atoms with Crippen LogP contribution in [0, 0.1) is 10.1 Å². The first-order valence-electron chi connectivity index (χ1n) is 6.38. The Morgan fingerprint density at radius 3 is 2.76 bits per heavy atom. The Morgan fingerprint density at radius 2 is 2.10 bits per heavy atom. The van der Waals surface area contributed by atoms with Gasteiger partial charge in [-0.1, -0.05) is 23.7 Å². The maximum atomic E-state index is 11.0. The Labute approximate surface area is 127 Å². The lowest BCUT2D eigenvalue weighted by atomic mass is 10.1. The molecule has 0 amide bonds. The fraction of sp³-hybridized carbons (Fsp3) is 0.200. The number of ether oxygens (including phenoxy) is 1. The number of nitrogens with zero attached hydrogens (tertiary/aromatic N) is 1. The minimum atomic E-state index is -0.451. The van der Waals surface area contributed by atoms with Crippen LogP contribution in [0.5, 0.6) is 5.75 Å². The van der Waals surface area contributed by atoms with E-state index >= 15 is 0 Å². The zero-order chi connectivity index (χ0) is 15.4. The molecular weight excluding hydrogens is 292 g/mol. The van der Waals surface area contributed by atoms with Crippen molar-refractivity contribution in [2.75, 3.05) is 0 Å². The van der Waals surface area contributed by atoms with Crippen molar-refractivity contribution >= 4 is 17.3 Å². The molecule has 0 heterocycles. The van der Waals surface area contributed by atoms with E-state index in [4.69, 9.17) is 22.1 Å². The molecule has 0 radical (unpaired) electrons. The Kier molecular flexibility index (Phi) is 4.77. The number of hydrogen-bond acceptors (Lipinski definition) is 4. The molecule has 5 nitrogen and oxygen atoms in total. The normalized spacial score (nSPS) is 12.0. The zero-order valence-electron chi connectivity index (χ0n) is 11.5. The van der Waals surface area contributed by atoms with E-state index in [9.17, 15) is 10.1 Å². The van der Waals surface area contributed by atoms with E-state index in [2.05, 4.69) is 0 Å². The van der Waals surface area contributed by atoms with Crippen molar-refractivity contribution in [2.45, 2.75) is 19.6 Å². The van der Waals surface area contributed by atoms with Crippen molar-refractivity contribution in [2.24, 2.45) is 5.73 Å². The molecule has 1 unspecified atom stereocenters. The molecule has 2 N–H and O–H groups in total. The van der Waals surface area contributed by atoms with Crippen molar-refractivity contribution < 1.29 is 9.66 Å². The number of nitrogens with two attached hydrogens (primary N) is 1. The van der Waals surface area contributed by atoms with Crippen LogP contribution in [-0.2, 0) is 6.61 Å². The highest BCUT2D eigenvalue weighted by atomic mass is 35.5. The third kappa shape index (κ3) is 3.93. The molecule has 110 valence electrons. The highest BCUT2D eigenvalue weighted by Gasteiger charge is 2.14. The standard InChI is InChI=1S/C15H15ClN2O3/c1-10(17)11-3-2-4-14(8-11)21-9-12-7-13(16)5-6-15(12)18(19)20/h2-8,10H,9,17H2,1H3. The summed E-state index contributed by atoms with van der Waals surface area (Å²) in [5, 5.41) is 11.4. The number of nitro groups is 1. The van der Waals surface area contributed by atoms with Gasteiger partial charge in [0, 0.05) is 17.1 Å². The summed E-state index contributed by atoms with van der Waals surface area (Å²) in [5.41, 5.74) is 7.17. The second kappa shape index (κ2) is 6.56. The molecule has 0 saturated heterocycles. The summed E-state index contributed by atoms with van der Waals surface area (Å²) in [5.74, 6) is 0.610. The number of nitro benzene ring substituents is 1. The second-order valence-corrected chi connectivity index (χ2v) is 5.12. The third-order valence-corrected chi connectivity index (χ3v) is 3.25. The van der Waals surface area contributed by atoms with Gasteiger partial charge in [-0.15, -0.1) is 0 Å². The SMILES string of the molecule is CC(N)c1cccc(OCc2cc(Cl)ccc2[N+](=O)[O-])c1. The molecule has 0 bridgehead atoms. The predicted molar refractivity (Wildman–Crippen MR) is 81.5 cm³/mol. The van der Waals surface area contributed by atoms with Crippen molar-refractivity contribution in [3.05, 3.63) is 68.7 Å². The summed E-state index contributed by atoms with van der Waals surface area (Å²) in [6.45, 7) is 1.94. The third-order valence-electron chi connectivity index (χ3n) is 3.02. The maximum Gasteiger partial charge on any atom is 0.276 e. The molecule has 1 atom stereocenters. The largest absolute Gasteiger partial charge is 0.489 e. The van der Waals surface area contributed by atoms with Gasteiger partial charge < -0.3 is 10.5 Å². The number of halogens is 1. The van der Waals surface area contributed by atoms with Gasteiger partial charge in [-0.25, -0.2) is 0 Å². The van der Waals surface area contributed by atoms with E-state index in [-0.39, 0.29) is 18.3 Å². The van der Waals surface area contributed by atoms with Gasteiger partial charge >= 0.3 is 0 Å².